The number of nitrogens with zero attached hydrogens (tertiary/aromatic N) is 3. The van der Waals surface area contributed by atoms with Crippen LogP contribution >= 0.6 is 11.8 Å². The van der Waals surface area contributed by atoms with Crippen molar-refractivity contribution >= 4 is 28.7 Å². The molecule has 2 heterocycles. The van der Waals surface area contributed by atoms with Crippen LogP contribution < -0.4 is 4.90 Å². The van der Waals surface area contributed by atoms with Gasteiger partial charge >= 0.3 is 0 Å². The highest BCUT2D eigenvalue weighted by Crippen LogP contribution is 2.26. The maximum absolute atomic E-state index is 11.6. The van der Waals surface area contributed by atoms with E-state index < -0.39 is 0 Å². The number of aromatic nitrogens is 3. The van der Waals surface area contributed by atoms with Crippen LogP contribution in [-0.4, -0.2) is 38.0 Å². The second-order valence-electron chi connectivity index (χ2n) is 3.25. The van der Waals surface area contributed by atoms with Crippen molar-refractivity contribution in [3.63, 3.8) is 0 Å². The van der Waals surface area contributed by atoms with Crippen molar-refractivity contribution < 1.29 is 9.59 Å². The van der Waals surface area contributed by atoms with Crippen molar-refractivity contribution in [3.05, 3.63) is 6.33 Å². The van der Waals surface area contributed by atoms with Crippen LogP contribution in [0, 0.1) is 0 Å². The zero-order valence-electron chi connectivity index (χ0n) is 8.14. The predicted molar refractivity (Wildman–Crippen MR) is 55.4 cm³/mol. The van der Waals surface area contributed by atoms with Crippen molar-refractivity contribution in [3.8, 4) is 0 Å². The van der Waals surface area contributed by atoms with Crippen molar-refractivity contribution in [1.82, 2.24) is 15.2 Å². The van der Waals surface area contributed by atoms with Crippen LogP contribution in [0.4, 0.5) is 5.95 Å². The molecule has 1 aromatic heterocycles. The predicted octanol–water partition coefficient (Wildman–Crippen LogP) is 0.190. The number of carbonyl (C=O) groups excluding carboxylic acids is 2. The molecular weight excluding hydrogens is 216 g/mol. The summed E-state index contributed by atoms with van der Waals surface area (Å²) in [4.78, 5) is 27.9. The SMILES string of the molecule is CC(=O)SC1CC(=O)N(c2ncn[nH]2)C1. The third-order valence-electron chi connectivity index (χ3n) is 2.08. The van der Waals surface area contributed by atoms with Gasteiger partial charge in [0.25, 0.3) is 0 Å². The third-order valence-corrected chi connectivity index (χ3v) is 3.06. The summed E-state index contributed by atoms with van der Waals surface area (Å²) in [5.74, 6) is 0.428. The fraction of sp³-hybridized carbons (Fsp3) is 0.500. The maximum atomic E-state index is 11.6. The van der Waals surface area contributed by atoms with E-state index in [0.29, 0.717) is 18.9 Å². The van der Waals surface area contributed by atoms with Crippen molar-refractivity contribution in [2.24, 2.45) is 0 Å². The highest BCUT2D eigenvalue weighted by Gasteiger charge is 2.33. The Labute approximate surface area is 90.4 Å². The van der Waals surface area contributed by atoms with E-state index in [2.05, 4.69) is 15.2 Å². The summed E-state index contributed by atoms with van der Waals surface area (Å²) in [7, 11) is 0. The van der Waals surface area contributed by atoms with Crippen LogP contribution in [0.2, 0.25) is 0 Å². The molecule has 1 atom stereocenters. The molecule has 7 heteroatoms. The van der Waals surface area contributed by atoms with Crippen molar-refractivity contribution in [2.45, 2.75) is 18.6 Å². The van der Waals surface area contributed by atoms with Crippen LogP contribution in [0.15, 0.2) is 6.33 Å². The van der Waals surface area contributed by atoms with Crippen LogP contribution in [0.25, 0.3) is 0 Å². The number of carbonyl (C=O) groups is 2. The number of H-pyrrole nitrogens is 1. The second-order valence-corrected chi connectivity index (χ2v) is 4.73. The van der Waals surface area contributed by atoms with E-state index in [1.807, 2.05) is 0 Å². The fourth-order valence-electron chi connectivity index (χ4n) is 1.52. The molecule has 80 valence electrons. The van der Waals surface area contributed by atoms with Gasteiger partial charge in [0.2, 0.25) is 11.9 Å². The van der Waals surface area contributed by atoms with Gasteiger partial charge in [-0.25, -0.2) is 5.10 Å². The summed E-state index contributed by atoms with van der Waals surface area (Å²) in [6.07, 6.45) is 1.74. The lowest BCUT2D eigenvalue weighted by molar-refractivity contribution is -0.117. The molecule has 1 aromatic rings. The Morgan fingerprint density at radius 2 is 2.53 bits per heavy atom. The largest absolute Gasteiger partial charge is 0.288 e. The number of aromatic amines is 1. The molecule has 15 heavy (non-hydrogen) atoms. The number of amides is 1. The van der Waals surface area contributed by atoms with Crippen LogP contribution in [0.3, 0.4) is 0 Å². The first-order valence-electron chi connectivity index (χ1n) is 4.50. The standard InChI is InChI=1S/C8H10N4O2S/c1-5(13)15-6-2-7(14)12(3-6)8-9-4-10-11-8/h4,6H,2-3H2,1H3,(H,9,10,11). The molecule has 0 saturated carbocycles. The second kappa shape index (κ2) is 4.01. The summed E-state index contributed by atoms with van der Waals surface area (Å²) in [5, 5.41) is 6.38. The monoisotopic (exact) mass is 226 g/mol. The summed E-state index contributed by atoms with van der Waals surface area (Å²) < 4.78 is 0. The van der Waals surface area contributed by atoms with Gasteiger partial charge in [-0.1, -0.05) is 11.8 Å². The molecule has 1 saturated heterocycles. The molecule has 0 aromatic carbocycles. The van der Waals surface area contributed by atoms with E-state index in [0.717, 1.165) is 0 Å². The number of thioether (sulfide) groups is 1. The Kier molecular flexibility index (Phi) is 2.72. The van der Waals surface area contributed by atoms with E-state index in [4.69, 9.17) is 0 Å². The quantitative estimate of drug-likeness (QED) is 0.778. The van der Waals surface area contributed by atoms with E-state index in [1.54, 1.807) is 0 Å². The zero-order valence-corrected chi connectivity index (χ0v) is 8.95. The first-order valence-corrected chi connectivity index (χ1v) is 5.37. The summed E-state index contributed by atoms with van der Waals surface area (Å²) >= 11 is 1.20. The number of rotatable bonds is 2. The molecule has 0 bridgehead atoms. The van der Waals surface area contributed by atoms with E-state index >= 15 is 0 Å². The molecule has 1 N–H and O–H groups in total. The summed E-state index contributed by atoms with van der Waals surface area (Å²) in [5.41, 5.74) is 0. The average molecular weight is 226 g/mol. The first-order chi connectivity index (χ1) is 7.16. The topological polar surface area (TPSA) is 79.0 Å². The zero-order chi connectivity index (χ0) is 10.8. The third kappa shape index (κ3) is 2.17. The van der Waals surface area contributed by atoms with E-state index in [9.17, 15) is 9.59 Å². The maximum Gasteiger partial charge on any atom is 0.230 e. The highest BCUT2D eigenvalue weighted by molar-refractivity contribution is 8.14. The van der Waals surface area contributed by atoms with Gasteiger partial charge in [-0.15, -0.1) is 0 Å². The molecule has 1 aliphatic rings. The van der Waals surface area contributed by atoms with Crippen LogP contribution in [-0.2, 0) is 9.59 Å². The molecule has 0 aliphatic carbocycles. The summed E-state index contributed by atoms with van der Waals surface area (Å²) in [6, 6.07) is 0. The van der Waals surface area contributed by atoms with Gasteiger partial charge in [-0.3, -0.25) is 14.5 Å². The molecule has 0 spiro atoms. The Morgan fingerprint density at radius 3 is 3.13 bits per heavy atom. The lowest BCUT2D eigenvalue weighted by Gasteiger charge is -2.11. The first kappa shape index (κ1) is 10.2. The lowest BCUT2D eigenvalue weighted by atomic mass is 10.4. The van der Waals surface area contributed by atoms with Gasteiger partial charge < -0.3 is 0 Å². The van der Waals surface area contributed by atoms with Gasteiger partial charge in [-0.05, 0) is 0 Å². The number of hydrogen-bond acceptors (Lipinski definition) is 5. The van der Waals surface area contributed by atoms with Gasteiger partial charge in [0.05, 0.1) is 0 Å². The normalized spacial score (nSPS) is 21.0. The molecule has 1 fully saturated rings. The average Bonchev–Trinajstić information content (AvgIpc) is 2.72. The summed E-state index contributed by atoms with van der Waals surface area (Å²) in [6.45, 7) is 2.02. The van der Waals surface area contributed by atoms with Gasteiger partial charge in [0.1, 0.15) is 6.33 Å². The molecular formula is C8H10N4O2S. The molecule has 1 amide bonds. The van der Waals surface area contributed by atoms with Crippen molar-refractivity contribution in [1.29, 1.82) is 0 Å². The number of nitrogens with one attached hydrogen (secondary N) is 1. The highest BCUT2D eigenvalue weighted by atomic mass is 32.2. The number of anilines is 1. The smallest absolute Gasteiger partial charge is 0.230 e. The van der Waals surface area contributed by atoms with Gasteiger partial charge in [0, 0.05) is 25.1 Å². The minimum Gasteiger partial charge on any atom is -0.288 e. The van der Waals surface area contributed by atoms with Crippen LogP contribution in [0.1, 0.15) is 13.3 Å². The molecule has 1 unspecified atom stereocenters. The molecule has 0 radical (unpaired) electrons. The Morgan fingerprint density at radius 1 is 1.73 bits per heavy atom. The Balaban J connectivity index is 2.05. The minimum absolute atomic E-state index is 0.0227. The Bertz CT molecular complexity index is 378. The van der Waals surface area contributed by atoms with E-state index in [1.165, 1.54) is 29.9 Å². The van der Waals surface area contributed by atoms with Crippen molar-refractivity contribution in [2.75, 3.05) is 11.4 Å². The number of hydrogen-bond donors (Lipinski definition) is 1. The van der Waals surface area contributed by atoms with Crippen LogP contribution in [0.5, 0.6) is 0 Å². The van der Waals surface area contributed by atoms with Gasteiger partial charge in [-0.2, -0.15) is 10.1 Å². The van der Waals surface area contributed by atoms with E-state index in [-0.39, 0.29) is 16.3 Å². The molecule has 2 rings (SSSR count). The molecule has 1 aliphatic heterocycles. The fourth-order valence-corrected chi connectivity index (χ4v) is 2.44. The minimum atomic E-state index is -0.0227. The molecule has 6 nitrogen and oxygen atoms in total. The van der Waals surface area contributed by atoms with Gasteiger partial charge in [0.15, 0.2) is 5.12 Å². The Hall–Kier alpha value is -1.37. The lowest BCUT2D eigenvalue weighted by Crippen LogP contribution is -2.26.